The summed E-state index contributed by atoms with van der Waals surface area (Å²) in [5.74, 6) is 0.146. The molecule has 0 bridgehead atoms. The number of amides is 1. The summed E-state index contributed by atoms with van der Waals surface area (Å²) < 4.78 is 10.1. The first-order valence-electron chi connectivity index (χ1n) is 5.84. The van der Waals surface area contributed by atoms with Crippen molar-refractivity contribution in [3.8, 4) is 0 Å². The molecule has 1 amide bonds. The standard InChI is InChI=1S/C11H22N2O3.ClH/c1-15-7-8-16-6-4-11(14)13-5-2-3-10(12)9-13;/h10H,2-9,12H2,1H3;1H. The van der Waals surface area contributed by atoms with Gasteiger partial charge in [-0.1, -0.05) is 0 Å². The number of piperidine rings is 1. The van der Waals surface area contributed by atoms with Gasteiger partial charge in [-0.25, -0.2) is 0 Å². The summed E-state index contributed by atoms with van der Waals surface area (Å²) >= 11 is 0. The molecule has 1 saturated heterocycles. The molecule has 1 fully saturated rings. The van der Waals surface area contributed by atoms with Gasteiger partial charge in [-0.15, -0.1) is 12.4 Å². The number of likely N-dealkylation sites (tertiary alicyclic amines) is 1. The zero-order valence-corrected chi connectivity index (χ0v) is 11.2. The highest BCUT2D eigenvalue weighted by Crippen LogP contribution is 2.09. The maximum atomic E-state index is 11.7. The summed E-state index contributed by atoms with van der Waals surface area (Å²) in [5.41, 5.74) is 5.82. The van der Waals surface area contributed by atoms with Gasteiger partial charge in [0.15, 0.2) is 0 Å². The van der Waals surface area contributed by atoms with Crippen LogP contribution in [-0.4, -0.2) is 56.9 Å². The van der Waals surface area contributed by atoms with Crippen LogP contribution in [0.5, 0.6) is 0 Å². The highest BCUT2D eigenvalue weighted by atomic mass is 35.5. The molecule has 1 aliphatic rings. The van der Waals surface area contributed by atoms with Crippen LogP contribution in [0.15, 0.2) is 0 Å². The third-order valence-electron chi connectivity index (χ3n) is 2.70. The Morgan fingerprint density at radius 3 is 2.82 bits per heavy atom. The quantitative estimate of drug-likeness (QED) is 0.708. The van der Waals surface area contributed by atoms with Crippen LogP contribution in [0, 0.1) is 0 Å². The van der Waals surface area contributed by atoms with E-state index in [9.17, 15) is 4.79 Å². The van der Waals surface area contributed by atoms with Crippen LogP contribution in [0.3, 0.4) is 0 Å². The Morgan fingerprint density at radius 2 is 2.18 bits per heavy atom. The Labute approximate surface area is 109 Å². The molecule has 0 saturated carbocycles. The second kappa shape index (κ2) is 9.65. The molecule has 0 radical (unpaired) electrons. The van der Waals surface area contributed by atoms with Gasteiger partial charge in [0.05, 0.1) is 26.2 Å². The van der Waals surface area contributed by atoms with Gasteiger partial charge in [0.25, 0.3) is 0 Å². The van der Waals surface area contributed by atoms with Gasteiger partial charge in [-0.05, 0) is 12.8 Å². The molecule has 1 rings (SSSR count). The second-order valence-electron chi connectivity index (χ2n) is 4.10. The first-order chi connectivity index (χ1) is 7.74. The fraction of sp³-hybridized carbons (Fsp3) is 0.909. The minimum Gasteiger partial charge on any atom is -0.382 e. The largest absolute Gasteiger partial charge is 0.382 e. The van der Waals surface area contributed by atoms with Gasteiger partial charge in [0.1, 0.15) is 0 Å². The van der Waals surface area contributed by atoms with Crippen molar-refractivity contribution in [2.75, 3.05) is 40.0 Å². The lowest BCUT2D eigenvalue weighted by molar-refractivity contribution is -0.133. The lowest BCUT2D eigenvalue weighted by Crippen LogP contribution is -2.45. The summed E-state index contributed by atoms with van der Waals surface area (Å²) in [6.45, 7) is 3.11. The highest BCUT2D eigenvalue weighted by molar-refractivity contribution is 5.85. The smallest absolute Gasteiger partial charge is 0.224 e. The van der Waals surface area contributed by atoms with Crippen molar-refractivity contribution in [2.45, 2.75) is 25.3 Å². The van der Waals surface area contributed by atoms with E-state index in [-0.39, 0.29) is 24.4 Å². The molecule has 5 nitrogen and oxygen atoms in total. The van der Waals surface area contributed by atoms with E-state index in [1.54, 1.807) is 7.11 Å². The van der Waals surface area contributed by atoms with Crippen LogP contribution in [0.2, 0.25) is 0 Å². The van der Waals surface area contributed by atoms with E-state index in [1.165, 1.54) is 0 Å². The fourth-order valence-corrected chi connectivity index (χ4v) is 1.80. The number of carbonyl (C=O) groups is 1. The lowest BCUT2D eigenvalue weighted by atomic mass is 10.1. The number of halogens is 1. The number of methoxy groups -OCH3 is 1. The number of ether oxygens (including phenoxy) is 2. The van der Waals surface area contributed by atoms with Crippen molar-refractivity contribution >= 4 is 18.3 Å². The van der Waals surface area contributed by atoms with Crippen LogP contribution in [0.4, 0.5) is 0 Å². The van der Waals surface area contributed by atoms with E-state index in [0.717, 1.165) is 19.4 Å². The SMILES string of the molecule is COCCOCCC(=O)N1CCCC(N)C1.Cl. The fourth-order valence-electron chi connectivity index (χ4n) is 1.80. The average molecular weight is 267 g/mol. The predicted octanol–water partition coefficient (Wildman–Crippen LogP) is 0.411. The van der Waals surface area contributed by atoms with Crippen LogP contribution in [0.1, 0.15) is 19.3 Å². The number of nitrogens with two attached hydrogens (primary N) is 1. The third kappa shape index (κ3) is 6.83. The molecule has 1 unspecified atom stereocenters. The minimum atomic E-state index is 0. The van der Waals surface area contributed by atoms with Gasteiger partial charge in [-0.3, -0.25) is 4.79 Å². The van der Waals surface area contributed by atoms with Crippen LogP contribution in [0.25, 0.3) is 0 Å². The molecule has 17 heavy (non-hydrogen) atoms. The molecular formula is C11H23ClN2O3. The molecule has 0 aromatic rings. The summed E-state index contributed by atoms with van der Waals surface area (Å²) in [6.07, 6.45) is 2.47. The first-order valence-corrected chi connectivity index (χ1v) is 5.84. The number of nitrogens with zero attached hydrogens (tertiary/aromatic N) is 1. The Morgan fingerprint density at radius 1 is 1.41 bits per heavy atom. The molecule has 1 heterocycles. The number of hydrogen-bond donors (Lipinski definition) is 1. The van der Waals surface area contributed by atoms with E-state index in [0.29, 0.717) is 32.8 Å². The molecule has 1 aliphatic heterocycles. The Balaban J connectivity index is 0.00000256. The minimum absolute atomic E-state index is 0. The van der Waals surface area contributed by atoms with E-state index < -0.39 is 0 Å². The van der Waals surface area contributed by atoms with E-state index >= 15 is 0 Å². The van der Waals surface area contributed by atoms with Gasteiger partial charge < -0.3 is 20.1 Å². The summed E-state index contributed by atoms with van der Waals surface area (Å²) in [5, 5.41) is 0. The molecular weight excluding hydrogens is 244 g/mol. The molecule has 0 aromatic carbocycles. The van der Waals surface area contributed by atoms with Gasteiger partial charge in [-0.2, -0.15) is 0 Å². The van der Waals surface area contributed by atoms with Crippen LogP contribution < -0.4 is 5.73 Å². The monoisotopic (exact) mass is 266 g/mol. The van der Waals surface area contributed by atoms with Crippen molar-refractivity contribution in [1.82, 2.24) is 4.90 Å². The Kier molecular flexibility index (Phi) is 9.44. The van der Waals surface area contributed by atoms with Crippen molar-refractivity contribution in [2.24, 2.45) is 5.73 Å². The molecule has 2 N–H and O–H groups in total. The van der Waals surface area contributed by atoms with Crippen molar-refractivity contribution in [3.63, 3.8) is 0 Å². The van der Waals surface area contributed by atoms with Gasteiger partial charge in [0, 0.05) is 26.2 Å². The normalized spacial score (nSPS) is 19.9. The summed E-state index contributed by atoms with van der Waals surface area (Å²) in [7, 11) is 1.63. The van der Waals surface area contributed by atoms with Crippen molar-refractivity contribution < 1.29 is 14.3 Å². The molecule has 0 spiro atoms. The zero-order valence-electron chi connectivity index (χ0n) is 10.4. The van der Waals surface area contributed by atoms with E-state index in [2.05, 4.69) is 0 Å². The summed E-state index contributed by atoms with van der Waals surface area (Å²) in [4.78, 5) is 13.6. The Bertz CT molecular complexity index is 217. The molecule has 102 valence electrons. The van der Waals surface area contributed by atoms with Crippen LogP contribution in [-0.2, 0) is 14.3 Å². The molecule has 0 aliphatic carbocycles. The number of rotatable bonds is 6. The second-order valence-corrected chi connectivity index (χ2v) is 4.10. The summed E-state index contributed by atoms with van der Waals surface area (Å²) in [6, 6.07) is 0.145. The number of carbonyl (C=O) groups excluding carboxylic acids is 1. The third-order valence-corrected chi connectivity index (χ3v) is 2.70. The van der Waals surface area contributed by atoms with E-state index in [1.807, 2.05) is 4.90 Å². The van der Waals surface area contributed by atoms with Gasteiger partial charge in [0.2, 0.25) is 5.91 Å². The molecule has 6 heteroatoms. The van der Waals surface area contributed by atoms with E-state index in [4.69, 9.17) is 15.2 Å². The predicted molar refractivity (Wildman–Crippen MR) is 68.3 cm³/mol. The number of hydrogen-bond acceptors (Lipinski definition) is 4. The molecule has 1 atom stereocenters. The maximum absolute atomic E-state index is 11.7. The van der Waals surface area contributed by atoms with Crippen molar-refractivity contribution in [1.29, 1.82) is 0 Å². The average Bonchev–Trinajstić information content (AvgIpc) is 2.28. The van der Waals surface area contributed by atoms with Crippen LogP contribution >= 0.6 is 12.4 Å². The first kappa shape index (κ1) is 16.6. The molecule has 0 aromatic heterocycles. The van der Waals surface area contributed by atoms with Gasteiger partial charge >= 0.3 is 0 Å². The maximum Gasteiger partial charge on any atom is 0.224 e. The lowest BCUT2D eigenvalue weighted by Gasteiger charge is -2.30. The van der Waals surface area contributed by atoms with Crippen molar-refractivity contribution in [3.05, 3.63) is 0 Å². The zero-order chi connectivity index (χ0) is 11.8. The topological polar surface area (TPSA) is 64.8 Å². The Hall–Kier alpha value is -0.360. The highest BCUT2D eigenvalue weighted by Gasteiger charge is 2.20.